The number of rotatable bonds is 3. The van der Waals surface area contributed by atoms with E-state index in [0.717, 1.165) is 0 Å². The van der Waals surface area contributed by atoms with E-state index in [1.807, 2.05) is 27.7 Å². The maximum atomic E-state index is 10.8. The zero-order valence-corrected chi connectivity index (χ0v) is 8.22. The van der Waals surface area contributed by atoms with Gasteiger partial charge in [-0.25, -0.2) is 4.79 Å². The molecule has 0 aliphatic carbocycles. The molecule has 12 heavy (non-hydrogen) atoms. The first-order valence-corrected chi connectivity index (χ1v) is 4.11. The van der Waals surface area contributed by atoms with Gasteiger partial charge in [0.15, 0.2) is 0 Å². The largest absolute Gasteiger partial charge is 0.508 e. The topological polar surface area (TPSA) is 35.5 Å². The molecule has 0 spiro atoms. The zero-order chi connectivity index (χ0) is 9.61. The summed E-state index contributed by atoms with van der Waals surface area (Å²) in [7, 11) is 0. The van der Waals surface area contributed by atoms with E-state index in [2.05, 4.69) is 4.74 Å². The van der Waals surface area contributed by atoms with Crippen LogP contribution in [0.25, 0.3) is 0 Å². The highest BCUT2D eigenvalue weighted by Crippen LogP contribution is 2.13. The Morgan fingerprint density at radius 3 is 2.42 bits per heavy atom. The predicted octanol–water partition coefficient (Wildman–Crippen LogP) is 2.76. The summed E-state index contributed by atoms with van der Waals surface area (Å²) in [5, 5.41) is 0. The second kappa shape index (κ2) is 5.01. The second-order valence-electron chi connectivity index (χ2n) is 3.79. The molecule has 0 amide bonds. The van der Waals surface area contributed by atoms with Crippen LogP contribution in [0.5, 0.6) is 0 Å². The molecule has 3 heteroatoms. The van der Waals surface area contributed by atoms with Gasteiger partial charge in [0.05, 0.1) is 6.61 Å². The first kappa shape index (κ1) is 11.3. The number of hydrogen-bond donors (Lipinski definition) is 0. The summed E-state index contributed by atoms with van der Waals surface area (Å²) in [5.74, 6) is 0. The average Bonchev–Trinajstić information content (AvgIpc) is 1.95. The van der Waals surface area contributed by atoms with Crippen LogP contribution in [-0.4, -0.2) is 12.8 Å². The molecule has 0 aliphatic rings. The minimum absolute atomic E-state index is 0.00870. The molecule has 0 saturated heterocycles. The fraction of sp³-hybridized carbons (Fsp3) is 0.778. The van der Waals surface area contributed by atoms with E-state index in [-0.39, 0.29) is 5.41 Å². The number of ether oxygens (including phenoxy) is 2. The molecule has 0 N–H and O–H groups in total. The average molecular weight is 173 g/mol. The third kappa shape index (κ3) is 7.38. The minimum Gasteiger partial charge on any atom is -0.434 e. The van der Waals surface area contributed by atoms with Crippen molar-refractivity contribution in [1.82, 2.24) is 0 Å². The van der Waals surface area contributed by atoms with Gasteiger partial charge in [-0.3, -0.25) is 0 Å². The van der Waals surface area contributed by atoms with E-state index in [9.17, 15) is 4.79 Å². The first-order valence-electron chi connectivity index (χ1n) is 4.11. The molecule has 0 aliphatic heterocycles. The van der Waals surface area contributed by atoms with Crippen LogP contribution in [-0.2, 0) is 9.47 Å². The first-order chi connectivity index (χ1) is 5.45. The van der Waals surface area contributed by atoms with Crippen LogP contribution >= 0.6 is 0 Å². The molecule has 71 valence electrons. The SMILES string of the molecule is CC[CH]OC(=O)OCC(C)(C)C. The summed E-state index contributed by atoms with van der Waals surface area (Å²) in [6.45, 7) is 9.66. The third-order valence-corrected chi connectivity index (χ3v) is 0.969. The van der Waals surface area contributed by atoms with Crippen LogP contribution in [0.2, 0.25) is 0 Å². The number of carbonyl (C=O) groups excluding carboxylic acids is 1. The molecular formula is C9H17O3. The van der Waals surface area contributed by atoms with Gasteiger partial charge in [0.25, 0.3) is 0 Å². The van der Waals surface area contributed by atoms with Crippen molar-refractivity contribution in [3.8, 4) is 0 Å². The molecule has 0 aromatic carbocycles. The third-order valence-electron chi connectivity index (χ3n) is 0.969. The molecule has 0 rings (SSSR count). The van der Waals surface area contributed by atoms with Crippen molar-refractivity contribution in [3.63, 3.8) is 0 Å². The Bertz CT molecular complexity index is 135. The fourth-order valence-electron chi connectivity index (χ4n) is 0.461. The zero-order valence-electron chi connectivity index (χ0n) is 8.22. The van der Waals surface area contributed by atoms with Gasteiger partial charge in [-0.1, -0.05) is 27.7 Å². The standard InChI is InChI=1S/C9H17O3/c1-5-6-11-8(10)12-7-9(2,3)4/h6H,5,7H2,1-4H3. The molecule has 0 aromatic rings. The molecule has 0 fully saturated rings. The van der Waals surface area contributed by atoms with Crippen LogP contribution in [0.1, 0.15) is 34.1 Å². The van der Waals surface area contributed by atoms with Crippen LogP contribution in [0.3, 0.4) is 0 Å². The Balaban J connectivity index is 3.44. The quantitative estimate of drug-likeness (QED) is 0.615. The van der Waals surface area contributed by atoms with Crippen LogP contribution in [0, 0.1) is 12.0 Å². The van der Waals surface area contributed by atoms with Crippen LogP contribution < -0.4 is 0 Å². The molecule has 0 unspecified atom stereocenters. The summed E-state index contributed by atoms with van der Waals surface area (Å²) in [6.07, 6.45) is 0.0803. The lowest BCUT2D eigenvalue weighted by atomic mass is 9.99. The van der Waals surface area contributed by atoms with E-state index in [1.165, 1.54) is 6.61 Å². The number of carbonyl (C=O) groups is 1. The van der Waals surface area contributed by atoms with E-state index in [4.69, 9.17) is 4.74 Å². The maximum Gasteiger partial charge on any atom is 0.508 e. The van der Waals surface area contributed by atoms with Gasteiger partial charge in [-0.05, 0) is 11.8 Å². The molecule has 0 saturated carbocycles. The summed E-state index contributed by atoms with van der Waals surface area (Å²) < 4.78 is 9.42. The van der Waals surface area contributed by atoms with E-state index in [0.29, 0.717) is 13.0 Å². The highest BCUT2D eigenvalue weighted by Gasteiger charge is 2.13. The Kier molecular flexibility index (Phi) is 4.71. The second-order valence-corrected chi connectivity index (χ2v) is 3.79. The predicted molar refractivity (Wildman–Crippen MR) is 46.5 cm³/mol. The van der Waals surface area contributed by atoms with Crippen molar-refractivity contribution in [2.24, 2.45) is 5.41 Å². The molecule has 0 bridgehead atoms. The van der Waals surface area contributed by atoms with Gasteiger partial charge < -0.3 is 9.47 Å². The lowest BCUT2D eigenvalue weighted by molar-refractivity contribution is 0.0473. The monoisotopic (exact) mass is 173 g/mol. The smallest absolute Gasteiger partial charge is 0.434 e. The molecule has 1 radical (unpaired) electrons. The van der Waals surface area contributed by atoms with Crippen LogP contribution in [0.4, 0.5) is 4.79 Å². The fourth-order valence-corrected chi connectivity index (χ4v) is 0.461. The van der Waals surface area contributed by atoms with E-state index in [1.54, 1.807) is 0 Å². The van der Waals surface area contributed by atoms with Crippen molar-refractivity contribution < 1.29 is 14.3 Å². The Morgan fingerprint density at radius 1 is 1.42 bits per heavy atom. The Hall–Kier alpha value is -0.730. The highest BCUT2D eigenvalue weighted by atomic mass is 16.7. The van der Waals surface area contributed by atoms with Crippen molar-refractivity contribution in [1.29, 1.82) is 0 Å². The highest BCUT2D eigenvalue weighted by molar-refractivity contribution is 5.60. The van der Waals surface area contributed by atoms with Gasteiger partial charge in [0.1, 0.15) is 6.61 Å². The van der Waals surface area contributed by atoms with Gasteiger partial charge in [0.2, 0.25) is 0 Å². The van der Waals surface area contributed by atoms with Gasteiger partial charge in [-0.2, -0.15) is 0 Å². The molecule has 3 nitrogen and oxygen atoms in total. The molecule has 0 heterocycles. The lowest BCUT2D eigenvalue weighted by Crippen LogP contribution is -2.18. The van der Waals surface area contributed by atoms with Crippen molar-refractivity contribution in [3.05, 3.63) is 6.61 Å². The summed E-state index contributed by atoms with van der Waals surface area (Å²) >= 11 is 0. The molecule has 0 aromatic heterocycles. The molecule has 0 atom stereocenters. The maximum absolute atomic E-state index is 10.8. The van der Waals surface area contributed by atoms with Gasteiger partial charge in [0, 0.05) is 0 Å². The molecular weight excluding hydrogens is 156 g/mol. The Labute approximate surface area is 74.0 Å². The Morgan fingerprint density at radius 2 is 2.00 bits per heavy atom. The summed E-state index contributed by atoms with van der Waals surface area (Å²) in [4.78, 5) is 10.8. The van der Waals surface area contributed by atoms with Gasteiger partial charge in [-0.15, -0.1) is 0 Å². The minimum atomic E-state index is -0.619. The number of hydrogen-bond acceptors (Lipinski definition) is 3. The lowest BCUT2D eigenvalue weighted by Gasteiger charge is -2.17. The normalized spacial score (nSPS) is 11.0. The summed E-state index contributed by atoms with van der Waals surface area (Å²) in [6, 6.07) is 0. The van der Waals surface area contributed by atoms with E-state index >= 15 is 0 Å². The van der Waals surface area contributed by atoms with Crippen molar-refractivity contribution in [2.75, 3.05) is 6.61 Å². The summed E-state index contributed by atoms with van der Waals surface area (Å²) in [5.41, 5.74) is -0.00870. The van der Waals surface area contributed by atoms with E-state index < -0.39 is 6.16 Å². The van der Waals surface area contributed by atoms with Gasteiger partial charge >= 0.3 is 6.16 Å². The van der Waals surface area contributed by atoms with Crippen molar-refractivity contribution >= 4 is 6.16 Å². The van der Waals surface area contributed by atoms with Crippen molar-refractivity contribution in [2.45, 2.75) is 34.1 Å². The van der Waals surface area contributed by atoms with Crippen LogP contribution in [0.15, 0.2) is 0 Å².